The Bertz CT molecular complexity index is 365. The number of aromatic nitrogens is 2. The standard InChI is InChI=1S/C9H12N2O3/c12-5-9(6-14-7-9)4-11-3-1-2-10-8(11)13/h1-3,12H,4-7H2. The average Bonchev–Trinajstić information content (AvgIpc) is 2.14. The summed E-state index contributed by atoms with van der Waals surface area (Å²) in [7, 11) is 0. The van der Waals surface area contributed by atoms with Gasteiger partial charge in [0.25, 0.3) is 0 Å². The third-order valence-corrected chi connectivity index (χ3v) is 2.44. The first-order chi connectivity index (χ1) is 6.76. The predicted molar refractivity (Wildman–Crippen MR) is 48.8 cm³/mol. The maximum atomic E-state index is 11.3. The second-order valence-electron chi connectivity index (χ2n) is 3.68. The molecule has 0 saturated carbocycles. The van der Waals surface area contributed by atoms with Crippen LogP contribution in [0.1, 0.15) is 0 Å². The predicted octanol–water partition coefficient (Wildman–Crippen LogP) is -0.748. The van der Waals surface area contributed by atoms with Crippen LogP contribution in [0.2, 0.25) is 0 Å². The smallest absolute Gasteiger partial charge is 0.347 e. The van der Waals surface area contributed by atoms with E-state index in [-0.39, 0.29) is 17.7 Å². The highest BCUT2D eigenvalue weighted by molar-refractivity contribution is 4.89. The Morgan fingerprint density at radius 1 is 1.64 bits per heavy atom. The zero-order chi connectivity index (χ0) is 10.0. The number of hydrogen-bond donors (Lipinski definition) is 1. The number of aliphatic hydroxyl groups is 1. The minimum absolute atomic E-state index is 0.0360. The monoisotopic (exact) mass is 196 g/mol. The third kappa shape index (κ3) is 1.56. The van der Waals surface area contributed by atoms with Crippen LogP contribution < -0.4 is 5.69 Å². The minimum Gasteiger partial charge on any atom is -0.396 e. The summed E-state index contributed by atoms with van der Waals surface area (Å²) in [6.45, 7) is 1.51. The number of ether oxygens (including phenoxy) is 1. The van der Waals surface area contributed by atoms with Gasteiger partial charge in [-0.3, -0.25) is 4.57 Å². The SMILES string of the molecule is O=c1ncccn1CC1(CO)COC1. The van der Waals surface area contributed by atoms with Crippen molar-refractivity contribution in [2.24, 2.45) is 5.41 Å². The van der Waals surface area contributed by atoms with Gasteiger partial charge < -0.3 is 9.84 Å². The Balaban J connectivity index is 2.18. The summed E-state index contributed by atoms with van der Waals surface area (Å²) in [4.78, 5) is 14.9. The van der Waals surface area contributed by atoms with Crippen molar-refractivity contribution in [1.82, 2.24) is 9.55 Å². The first-order valence-corrected chi connectivity index (χ1v) is 4.46. The molecule has 0 amide bonds. The van der Waals surface area contributed by atoms with Crippen molar-refractivity contribution < 1.29 is 9.84 Å². The van der Waals surface area contributed by atoms with Crippen molar-refractivity contribution in [3.63, 3.8) is 0 Å². The van der Waals surface area contributed by atoms with Gasteiger partial charge in [0, 0.05) is 18.9 Å². The zero-order valence-electron chi connectivity index (χ0n) is 7.72. The summed E-state index contributed by atoms with van der Waals surface area (Å²) in [6.07, 6.45) is 3.13. The van der Waals surface area contributed by atoms with Gasteiger partial charge in [-0.15, -0.1) is 0 Å². The highest BCUT2D eigenvalue weighted by Crippen LogP contribution is 2.27. The lowest BCUT2D eigenvalue weighted by atomic mass is 9.87. The van der Waals surface area contributed by atoms with Crippen LogP contribution in [-0.2, 0) is 11.3 Å². The van der Waals surface area contributed by atoms with Crippen LogP contribution in [0.3, 0.4) is 0 Å². The van der Waals surface area contributed by atoms with Crippen LogP contribution in [0.15, 0.2) is 23.3 Å². The Labute approximate surface area is 81.0 Å². The van der Waals surface area contributed by atoms with Crippen LogP contribution in [0.4, 0.5) is 0 Å². The van der Waals surface area contributed by atoms with Crippen molar-refractivity contribution in [3.05, 3.63) is 28.9 Å². The Hall–Kier alpha value is -1.20. The van der Waals surface area contributed by atoms with E-state index >= 15 is 0 Å². The molecule has 2 heterocycles. The quantitative estimate of drug-likeness (QED) is 0.691. The first kappa shape index (κ1) is 9.36. The Morgan fingerprint density at radius 3 is 2.93 bits per heavy atom. The summed E-state index contributed by atoms with van der Waals surface area (Å²) < 4.78 is 6.54. The molecule has 1 aliphatic rings. The molecule has 1 aliphatic heterocycles. The van der Waals surface area contributed by atoms with E-state index in [1.165, 1.54) is 10.8 Å². The molecule has 1 fully saturated rings. The van der Waals surface area contributed by atoms with E-state index in [1.807, 2.05) is 0 Å². The molecule has 2 rings (SSSR count). The van der Waals surface area contributed by atoms with Gasteiger partial charge in [-0.05, 0) is 6.07 Å². The van der Waals surface area contributed by atoms with Gasteiger partial charge in [0.1, 0.15) is 0 Å². The highest BCUT2D eigenvalue weighted by atomic mass is 16.5. The molecule has 1 N–H and O–H groups in total. The average molecular weight is 196 g/mol. The first-order valence-electron chi connectivity index (χ1n) is 4.46. The van der Waals surface area contributed by atoms with Gasteiger partial charge in [-0.1, -0.05) is 0 Å². The van der Waals surface area contributed by atoms with E-state index in [9.17, 15) is 9.90 Å². The van der Waals surface area contributed by atoms with Gasteiger partial charge >= 0.3 is 5.69 Å². The van der Waals surface area contributed by atoms with E-state index in [0.29, 0.717) is 19.8 Å². The van der Waals surface area contributed by atoms with E-state index in [1.54, 1.807) is 12.3 Å². The van der Waals surface area contributed by atoms with Gasteiger partial charge in [0.15, 0.2) is 0 Å². The topological polar surface area (TPSA) is 64.4 Å². The lowest BCUT2D eigenvalue weighted by Crippen LogP contribution is -2.50. The molecule has 5 heteroatoms. The fourth-order valence-corrected chi connectivity index (χ4v) is 1.49. The molecule has 1 saturated heterocycles. The maximum Gasteiger partial charge on any atom is 0.347 e. The highest BCUT2D eigenvalue weighted by Gasteiger charge is 2.38. The minimum atomic E-state index is -0.285. The van der Waals surface area contributed by atoms with E-state index < -0.39 is 0 Å². The number of nitrogens with zero attached hydrogens (tertiary/aromatic N) is 2. The summed E-state index contributed by atoms with van der Waals surface area (Å²) >= 11 is 0. The van der Waals surface area contributed by atoms with E-state index in [4.69, 9.17) is 4.74 Å². The third-order valence-electron chi connectivity index (χ3n) is 2.44. The Kier molecular flexibility index (Phi) is 2.35. The van der Waals surface area contributed by atoms with Crippen molar-refractivity contribution in [2.45, 2.75) is 6.54 Å². The second kappa shape index (κ2) is 3.51. The van der Waals surface area contributed by atoms with Crippen molar-refractivity contribution in [1.29, 1.82) is 0 Å². The fraction of sp³-hybridized carbons (Fsp3) is 0.556. The molecule has 1 aromatic heterocycles. The van der Waals surface area contributed by atoms with Crippen molar-refractivity contribution >= 4 is 0 Å². The molecule has 1 aromatic rings. The zero-order valence-corrected chi connectivity index (χ0v) is 7.72. The Morgan fingerprint density at radius 2 is 2.43 bits per heavy atom. The molecule has 0 aliphatic carbocycles. The summed E-state index contributed by atoms with van der Waals surface area (Å²) in [5.41, 5.74) is -0.570. The number of aliphatic hydroxyl groups excluding tert-OH is 1. The van der Waals surface area contributed by atoms with Crippen LogP contribution >= 0.6 is 0 Å². The van der Waals surface area contributed by atoms with Crippen LogP contribution in [0, 0.1) is 5.41 Å². The molecule has 0 spiro atoms. The summed E-state index contributed by atoms with van der Waals surface area (Å²) in [6, 6.07) is 1.70. The number of hydrogen-bond acceptors (Lipinski definition) is 4. The lowest BCUT2D eigenvalue weighted by molar-refractivity contribution is -0.145. The maximum absolute atomic E-state index is 11.3. The molecular formula is C9H12N2O3. The molecule has 14 heavy (non-hydrogen) atoms. The van der Waals surface area contributed by atoms with Gasteiger partial charge in [-0.2, -0.15) is 0 Å². The lowest BCUT2D eigenvalue weighted by Gasteiger charge is -2.39. The molecule has 0 radical (unpaired) electrons. The second-order valence-corrected chi connectivity index (χ2v) is 3.68. The van der Waals surface area contributed by atoms with Crippen LogP contribution in [-0.4, -0.2) is 34.5 Å². The molecule has 0 aromatic carbocycles. The van der Waals surface area contributed by atoms with Gasteiger partial charge in [-0.25, -0.2) is 9.78 Å². The number of rotatable bonds is 3. The van der Waals surface area contributed by atoms with Gasteiger partial charge in [0.05, 0.1) is 25.2 Å². The normalized spacial score (nSPS) is 18.9. The molecule has 0 unspecified atom stereocenters. The van der Waals surface area contributed by atoms with Crippen molar-refractivity contribution in [2.75, 3.05) is 19.8 Å². The van der Waals surface area contributed by atoms with Crippen molar-refractivity contribution in [3.8, 4) is 0 Å². The summed E-state index contributed by atoms with van der Waals surface area (Å²) in [5.74, 6) is 0. The van der Waals surface area contributed by atoms with Crippen LogP contribution in [0.5, 0.6) is 0 Å². The van der Waals surface area contributed by atoms with E-state index in [0.717, 1.165) is 0 Å². The summed E-state index contributed by atoms with van der Waals surface area (Å²) in [5, 5.41) is 9.17. The molecule has 76 valence electrons. The molecular weight excluding hydrogens is 184 g/mol. The molecule has 0 atom stereocenters. The largest absolute Gasteiger partial charge is 0.396 e. The van der Waals surface area contributed by atoms with E-state index in [2.05, 4.69) is 4.98 Å². The molecule has 0 bridgehead atoms. The van der Waals surface area contributed by atoms with Gasteiger partial charge in [0.2, 0.25) is 0 Å². The fourth-order valence-electron chi connectivity index (χ4n) is 1.49. The van der Waals surface area contributed by atoms with Crippen LogP contribution in [0.25, 0.3) is 0 Å². The molecule has 5 nitrogen and oxygen atoms in total.